The Hall–Kier alpha value is -4.79. The lowest BCUT2D eigenvalue weighted by Gasteiger charge is -2.24. The van der Waals surface area contributed by atoms with Gasteiger partial charge < -0.3 is 14.4 Å². The van der Waals surface area contributed by atoms with Gasteiger partial charge in [0.15, 0.2) is 11.6 Å². The predicted molar refractivity (Wildman–Crippen MR) is 162 cm³/mol. The highest BCUT2D eigenvalue weighted by Crippen LogP contribution is 2.37. The van der Waals surface area contributed by atoms with Crippen LogP contribution in [0.1, 0.15) is 60.5 Å². The molecule has 2 aliphatic rings. The van der Waals surface area contributed by atoms with Crippen molar-refractivity contribution < 1.29 is 18.7 Å². The number of nitrogens with zero attached hydrogens (tertiary/aromatic N) is 5. The van der Waals surface area contributed by atoms with E-state index in [1.165, 1.54) is 25.3 Å². The average Bonchev–Trinajstić information content (AvgIpc) is 3.52. The van der Waals surface area contributed by atoms with E-state index in [-0.39, 0.29) is 24.1 Å². The van der Waals surface area contributed by atoms with Gasteiger partial charge in [0.1, 0.15) is 23.9 Å². The number of ether oxygens (including phenoxy) is 2. The van der Waals surface area contributed by atoms with Crippen LogP contribution in [0, 0.1) is 5.82 Å². The summed E-state index contributed by atoms with van der Waals surface area (Å²) in [5.74, 6) is 1.84. The van der Waals surface area contributed by atoms with Crippen molar-refractivity contribution in [3.63, 3.8) is 0 Å². The highest BCUT2D eigenvalue weighted by Gasteiger charge is 2.23. The molecular formula is C34H34FN5O3. The van der Waals surface area contributed by atoms with E-state index in [0.717, 1.165) is 42.0 Å². The van der Waals surface area contributed by atoms with E-state index in [1.54, 1.807) is 30.0 Å². The third kappa shape index (κ3) is 6.83. The van der Waals surface area contributed by atoms with Crippen LogP contribution >= 0.6 is 0 Å². The molecule has 6 rings (SSSR count). The number of tetrazole rings is 1. The van der Waals surface area contributed by atoms with Crippen molar-refractivity contribution in [2.75, 3.05) is 20.2 Å². The largest absolute Gasteiger partial charge is 0.497 e. The third-order valence-electron chi connectivity index (χ3n) is 8.05. The van der Waals surface area contributed by atoms with Crippen LogP contribution < -0.4 is 9.47 Å². The molecule has 2 heterocycles. The molecule has 1 aliphatic carbocycles. The lowest BCUT2D eigenvalue weighted by Crippen LogP contribution is -2.24. The van der Waals surface area contributed by atoms with Gasteiger partial charge in [0, 0.05) is 37.3 Å². The summed E-state index contributed by atoms with van der Waals surface area (Å²) in [5, 5.41) is 12.1. The molecule has 220 valence electrons. The molecule has 4 aromatic rings. The number of ketones is 1. The number of benzene rings is 3. The average molecular weight is 580 g/mol. The minimum absolute atomic E-state index is 0.0425. The van der Waals surface area contributed by atoms with Gasteiger partial charge in [-0.3, -0.25) is 4.79 Å². The van der Waals surface area contributed by atoms with E-state index in [9.17, 15) is 9.18 Å². The summed E-state index contributed by atoms with van der Waals surface area (Å²) in [6.45, 7) is 2.09. The normalized spacial score (nSPS) is 17.3. The lowest BCUT2D eigenvalue weighted by molar-refractivity contribution is -0.115. The van der Waals surface area contributed by atoms with Gasteiger partial charge in [0.2, 0.25) is 0 Å². The predicted octanol–water partition coefficient (Wildman–Crippen LogP) is 6.38. The van der Waals surface area contributed by atoms with Crippen LogP contribution in [0.3, 0.4) is 0 Å². The van der Waals surface area contributed by atoms with E-state index >= 15 is 0 Å². The Morgan fingerprint density at radius 3 is 2.49 bits per heavy atom. The zero-order valence-corrected chi connectivity index (χ0v) is 24.2. The van der Waals surface area contributed by atoms with Crippen molar-refractivity contribution in [1.82, 2.24) is 25.1 Å². The molecule has 3 aromatic carbocycles. The Morgan fingerprint density at radius 2 is 1.72 bits per heavy atom. The number of carbonyl (C=O) groups is 1. The quantitative estimate of drug-likeness (QED) is 0.228. The van der Waals surface area contributed by atoms with E-state index in [1.807, 2.05) is 60.8 Å². The summed E-state index contributed by atoms with van der Waals surface area (Å²) >= 11 is 0. The van der Waals surface area contributed by atoms with E-state index in [4.69, 9.17) is 9.47 Å². The van der Waals surface area contributed by atoms with Gasteiger partial charge in [-0.05, 0) is 107 Å². The van der Waals surface area contributed by atoms with Crippen LogP contribution in [-0.2, 0) is 11.4 Å². The second-order valence-electron chi connectivity index (χ2n) is 11.0. The molecule has 0 radical (unpaired) electrons. The maximum atomic E-state index is 14.8. The molecular weight excluding hydrogens is 545 g/mol. The molecule has 1 saturated heterocycles. The first-order valence-corrected chi connectivity index (χ1v) is 14.7. The van der Waals surface area contributed by atoms with Crippen molar-refractivity contribution in [2.24, 2.45) is 0 Å². The third-order valence-corrected chi connectivity index (χ3v) is 8.05. The Labute approximate surface area is 250 Å². The Bertz CT molecular complexity index is 1620. The molecule has 1 atom stereocenters. The highest BCUT2D eigenvalue weighted by molar-refractivity contribution is 5.99. The van der Waals surface area contributed by atoms with Gasteiger partial charge in [-0.25, -0.2) is 4.39 Å². The Kier molecular flexibility index (Phi) is 8.58. The second-order valence-corrected chi connectivity index (χ2v) is 11.0. The number of likely N-dealkylation sites (tertiary alicyclic amines) is 1. The standard InChI is InChI=1S/C34H34FN5O3/c1-42-31-10-5-24(6-11-31)26-19-27(22-30(41)21-26)25-7-12-32(13-8-25)43-23-28-20-29(9-14-33(28)35)40-34(36-37-38-40)15-18-39-16-3-2-4-17-39/h5-15,18,20,22,26H,2-4,16-17,19,21,23H2,1H3/b18-15+. The van der Waals surface area contributed by atoms with Gasteiger partial charge in [0.05, 0.1) is 12.8 Å². The van der Waals surface area contributed by atoms with Gasteiger partial charge in [-0.2, -0.15) is 4.68 Å². The van der Waals surface area contributed by atoms with E-state index in [2.05, 4.69) is 20.4 Å². The molecule has 8 nitrogen and oxygen atoms in total. The number of hydrogen-bond donors (Lipinski definition) is 0. The lowest BCUT2D eigenvalue weighted by atomic mass is 9.81. The summed E-state index contributed by atoms with van der Waals surface area (Å²) in [6.07, 6.45) is 10.5. The summed E-state index contributed by atoms with van der Waals surface area (Å²) in [6, 6.07) is 20.3. The SMILES string of the molecule is COc1ccc(C2CC(=O)C=C(c3ccc(OCc4cc(-n5nnnc5/C=C/N5CCCCC5)ccc4F)cc3)C2)cc1. The zero-order chi connectivity index (χ0) is 29.6. The molecule has 0 amide bonds. The maximum absolute atomic E-state index is 14.8. The van der Waals surface area contributed by atoms with Crippen molar-refractivity contribution >= 4 is 17.4 Å². The molecule has 9 heteroatoms. The van der Waals surface area contributed by atoms with E-state index in [0.29, 0.717) is 29.2 Å². The Balaban J connectivity index is 1.11. The first-order valence-electron chi connectivity index (χ1n) is 14.7. The summed E-state index contributed by atoms with van der Waals surface area (Å²) < 4.78 is 27.6. The Morgan fingerprint density at radius 1 is 0.953 bits per heavy atom. The summed E-state index contributed by atoms with van der Waals surface area (Å²) in [7, 11) is 1.64. The zero-order valence-electron chi connectivity index (χ0n) is 24.2. The topological polar surface area (TPSA) is 82.4 Å². The number of aromatic nitrogens is 4. The molecule has 43 heavy (non-hydrogen) atoms. The maximum Gasteiger partial charge on any atom is 0.181 e. The first kappa shape index (κ1) is 28.3. The molecule has 0 N–H and O–H groups in total. The number of rotatable bonds is 9. The highest BCUT2D eigenvalue weighted by atomic mass is 19.1. The fourth-order valence-corrected chi connectivity index (χ4v) is 5.66. The smallest absolute Gasteiger partial charge is 0.181 e. The number of halogens is 1. The monoisotopic (exact) mass is 579 g/mol. The fraction of sp³-hybridized carbons (Fsp3) is 0.294. The molecule has 1 aliphatic heterocycles. The van der Waals surface area contributed by atoms with Crippen molar-refractivity contribution in [2.45, 2.75) is 44.6 Å². The van der Waals surface area contributed by atoms with Gasteiger partial charge in [-0.1, -0.05) is 24.3 Å². The minimum Gasteiger partial charge on any atom is -0.497 e. The second kappa shape index (κ2) is 13.0. The van der Waals surface area contributed by atoms with Crippen LogP contribution in [0.15, 0.2) is 79.0 Å². The molecule has 1 unspecified atom stereocenters. The number of carbonyl (C=O) groups excluding carboxylic acids is 1. The van der Waals surface area contributed by atoms with Crippen LogP contribution in [0.25, 0.3) is 17.3 Å². The van der Waals surface area contributed by atoms with Crippen molar-refractivity contribution in [3.05, 3.63) is 107 Å². The number of piperidine rings is 1. The van der Waals surface area contributed by atoms with Gasteiger partial charge >= 0.3 is 0 Å². The molecule has 1 fully saturated rings. The summed E-state index contributed by atoms with van der Waals surface area (Å²) in [4.78, 5) is 14.8. The molecule has 1 aromatic heterocycles. The van der Waals surface area contributed by atoms with E-state index < -0.39 is 0 Å². The fourth-order valence-electron chi connectivity index (χ4n) is 5.66. The first-order chi connectivity index (χ1) is 21.1. The number of methoxy groups -OCH3 is 1. The van der Waals surface area contributed by atoms with Crippen molar-refractivity contribution in [1.29, 1.82) is 0 Å². The van der Waals surface area contributed by atoms with Gasteiger partial charge in [-0.15, -0.1) is 5.10 Å². The van der Waals surface area contributed by atoms with Gasteiger partial charge in [0.25, 0.3) is 0 Å². The molecule has 0 saturated carbocycles. The molecule has 0 spiro atoms. The van der Waals surface area contributed by atoms with Crippen LogP contribution in [0.2, 0.25) is 0 Å². The minimum atomic E-state index is -0.366. The van der Waals surface area contributed by atoms with Crippen LogP contribution in [0.5, 0.6) is 11.5 Å². The van der Waals surface area contributed by atoms with Crippen molar-refractivity contribution in [3.8, 4) is 17.2 Å². The van der Waals surface area contributed by atoms with Crippen LogP contribution in [0.4, 0.5) is 4.39 Å². The molecule has 0 bridgehead atoms. The summed E-state index contributed by atoms with van der Waals surface area (Å²) in [5.41, 5.74) is 4.13. The number of hydrogen-bond acceptors (Lipinski definition) is 7. The number of allylic oxidation sites excluding steroid dienone is 2. The van der Waals surface area contributed by atoms with Crippen LogP contribution in [-0.4, -0.2) is 51.1 Å².